The highest BCUT2D eigenvalue weighted by Crippen LogP contribution is 2.10. The number of carbonyl (C=O) groups excluding carboxylic acids is 1. The van der Waals surface area contributed by atoms with Gasteiger partial charge in [0.2, 0.25) is 0 Å². The van der Waals surface area contributed by atoms with Crippen molar-refractivity contribution >= 4 is 11.6 Å². The fraction of sp³-hybridized carbons (Fsp3) is 0.286. The minimum Gasteiger partial charge on any atom is -0.387 e. The van der Waals surface area contributed by atoms with E-state index in [0.717, 1.165) is 5.56 Å². The van der Waals surface area contributed by atoms with Crippen LogP contribution < -0.4 is 10.6 Å². The molecule has 0 saturated carbocycles. The smallest absolute Gasteiger partial charge is 0.267 e. The average molecular weight is 243 g/mol. The topological polar surface area (TPSA) is 64.9 Å². The van der Waals surface area contributed by atoms with Crippen LogP contribution in [0.25, 0.3) is 0 Å². The first-order valence-electron chi connectivity index (χ1n) is 5.77. The molecule has 0 fully saturated rings. The van der Waals surface area contributed by atoms with Gasteiger partial charge in [-0.2, -0.15) is 5.26 Å². The number of nitrogens with one attached hydrogen (secondary N) is 2. The van der Waals surface area contributed by atoms with Crippen molar-refractivity contribution in [3.05, 3.63) is 41.6 Å². The molecule has 0 spiro atoms. The summed E-state index contributed by atoms with van der Waals surface area (Å²) in [5.74, 6) is -0.406. The van der Waals surface area contributed by atoms with Gasteiger partial charge in [0.15, 0.2) is 0 Å². The van der Waals surface area contributed by atoms with Gasteiger partial charge in [-0.05, 0) is 38.5 Å². The molecule has 2 N–H and O–H groups in total. The molecule has 0 aromatic heterocycles. The Bertz CT molecular complexity index is 498. The van der Waals surface area contributed by atoms with Gasteiger partial charge in [-0.15, -0.1) is 0 Å². The molecule has 4 heteroatoms. The summed E-state index contributed by atoms with van der Waals surface area (Å²) in [4.78, 5) is 11.8. The Morgan fingerprint density at radius 3 is 2.72 bits per heavy atom. The molecule has 1 amide bonds. The van der Waals surface area contributed by atoms with E-state index < -0.39 is 5.91 Å². The summed E-state index contributed by atoms with van der Waals surface area (Å²) < 4.78 is 0. The second kappa shape index (κ2) is 6.45. The van der Waals surface area contributed by atoms with Crippen LogP contribution >= 0.6 is 0 Å². The van der Waals surface area contributed by atoms with E-state index in [1.54, 1.807) is 6.07 Å². The third-order valence-electron chi connectivity index (χ3n) is 2.20. The predicted octanol–water partition coefficient (Wildman–Crippen LogP) is 2.34. The normalized spacial score (nSPS) is 10.9. The lowest BCUT2D eigenvalue weighted by molar-refractivity contribution is -0.112. The highest BCUT2D eigenvalue weighted by molar-refractivity contribution is 6.06. The third kappa shape index (κ3) is 4.30. The Balaban J connectivity index is 2.75. The van der Waals surface area contributed by atoms with Crippen LogP contribution in [-0.2, 0) is 4.79 Å². The molecule has 0 radical (unpaired) electrons. The number of rotatable bonds is 4. The summed E-state index contributed by atoms with van der Waals surface area (Å²) in [5.41, 5.74) is 1.80. The number of hydrogen-bond donors (Lipinski definition) is 2. The maximum Gasteiger partial charge on any atom is 0.267 e. The van der Waals surface area contributed by atoms with Gasteiger partial charge >= 0.3 is 0 Å². The van der Waals surface area contributed by atoms with E-state index in [1.807, 2.05) is 45.0 Å². The summed E-state index contributed by atoms with van der Waals surface area (Å²) >= 11 is 0. The molecule has 0 atom stereocenters. The summed E-state index contributed by atoms with van der Waals surface area (Å²) in [6.45, 7) is 5.81. The first-order chi connectivity index (χ1) is 8.52. The van der Waals surface area contributed by atoms with Crippen molar-refractivity contribution in [1.29, 1.82) is 5.26 Å². The van der Waals surface area contributed by atoms with Gasteiger partial charge in [0, 0.05) is 17.9 Å². The van der Waals surface area contributed by atoms with Crippen LogP contribution in [0.1, 0.15) is 19.4 Å². The van der Waals surface area contributed by atoms with Crippen molar-refractivity contribution in [2.75, 3.05) is 5.32 Å². The predicted molar refractivity (Wildman–Crippen MR) is 71.8 cm³/mol. The number of amides is 1. The molecule has 0 saturated heterocycles. The van der Waals surface area contributed by atoms with Crippen LogP contribution in [0.2, 0.25) is 0 Å². The fourth-order valence-corrected chi connectivity index (χ4v) is 1.32. The van der Waals surface area contributed by atoms with Crippen molar-refractivity contribution in [1.82, 2.24) is 5.32 Å². The van der Waals surface area contributed by atoms with E-state index in [9.17, 15) is 4.79 Å². The average Bonchev–Trinajstić information content (AvgIpc) is 2.29. The second-order valence-corrected chi connectivity index (χ2v) is 4.31. The SMILES string of the molecule is Cc1cccc(NC(=O)/C(C#N)=C\NC(C)C)c1. The zero-order valence-corrected chi connectivity index (χ0v) is 10.8. The van der Waals surface area contributed by atoms with Gasteiger partial charge in [-0.3, -0.25) is 4.79 Å². The van der Waals surface area contributed by atoms with Crippen LogP contribution in [0.5, 0.6) is 0 Å². The van der Waals surface area contributed by atoms with E-state index in [1.165, 1.54) is 6.20 Å². The van der Waals surface area contributed by atoms with Gasteiger partial charge in [-0.1, -0.05) is 12.1 Å². The molecule has 18 heavy (non-hydrogen) atoms. The Morgan fingerprint density at radius 1 is 1.44 bits per heavy atom. The van der Waals surface area contributed by atoms with E-state index in [-0.39, 0.29) is 11.6 Å². The maximum absolute atomic E-state index is 11.8. The van der Waals surface area contributed by atoms with Crippen molar-refractivity contribution in [3.63, 3.8) is 0 Å². The Labute approximate surface area is 107 Å². The number of nitrogens with zero attached hydrogens (tertiary/aromatic N) is 1. The minimum atomic E-state index is -0.406. The minimum absolute atomic E-state index is 0.0604. The first-order valence-corrected chi connectivity index (χ1v) is 5.77. The standard InChI is InChI=1S/C14H17N3O/c1-10(2)16-9-12(8-15)14(18)17-13-6-4-5-11(3)7-13/h4-7,9-10,16H,1-3H3,(H,17,18)/b12-9-. The molecule has 1 rings (SSSR count). The van der Waals surface area contributed by atoms with Crippen LogP contribution in [0.3, 0.4) is 0 Å². The Kier molecular flexibility index (Phi) is 4.94. The lowest BCUT2D eigenvalue weighted by atomic mass is 10.2. The van der Waals surface area contributed by atoms with Gasteiger partial charge in [0.1, 0.15) is 11.6 Å². The zero-order valence-electron chi connectivity index (χ0n) is 10.8. The molecule has 0 heterocycles. The molecule has 0 bridgehead atoms. The molecular weight excluding hydrogens is 226 g/mol. The van der Waals surface area contributed by atoms with E-state index >= 15 is 0 Å². The largest absolute Gasteiger partial charge is 0.387 e. The lowest BCUT2D eigenvalue weighted by Crippen LogP contribution is -2.20. The van der Waals surface area contributed by atoms with Crippen molar-refractivity contribution in [2.24, 2.45) is 0 Å². The van der Waals surface area contributed by atoms with Crippen molar-refractivity contribution < 1.29 is 4.79 Å². The molecule has 94 valence electrons. The van der Waals surface area contributed by atoms with Gasteiger partial charge in [0.05, 0.1) is 0 Å². The quantitative estimate of drug-likeness (QED) is 0.630. The van der Waals surface area contributed by atoms with Crippen molar-refractivity contribution in [3.8, 4) is 6.07 Å². The van der Waals surface area contributed by atoms with Crippen LogP contribution in [0.4, 0.5) is 5.69 Å². The summed E-state index contributed by atoms with van der Waals surface area (Å²) in [7, 11) is 0. The molecule has 1 aromatic rings. The van der Waals surface area contributed by atoms with Crippen molar-refractivity contribution in [2.45, 2.75) is 26.8 Å². The number of nitriles is 1. The highest BCUT2D eigenvalue weighted by Gasteiger charge is 2.09. The molecule has 0 unspecified atom stereocenters. The Hall–Kier alpha value is -2.28. The summed E-state index contributed by atoms with van der Waals surface area (Å²) in [5, 5.41) is 14.5. The molecular formula is C14H17N3O. The maximum atomic E-state index is 11.8. The number of benzene rings is 1. The number of carbonyl (C=O) groups is 1. The monoisotopic (exact) mass is 243 g/mol. The highest BCUT2D eigenvalue weighted by atomic mass is 16.1. The van der Waals surface area contributed by atoms with E-state index in [4.69, 9.17) is 5.26 Å². The third-order valence-corrected chi connectivity index (χ3v) is 2.20. The van der Waals surface area contributed by atoms with Crippen LogP contribution in [-0.4, -0.2) is 11.9 Å². The molecule has 0 aliphatic carbocycles. The van der Waals surface area contributed by atoms with E-state index in [2.05, 4.69) is 10.6 Å². The number of hydrogen-bond acceptors (Lipinski definition) is 3. The van der Waals surface area contributed by atoms with E-state index in [0.29, 0.717) is 5.69 Å². The summed E-state index contributed by atoms with van der Waals surface area (Å²) in [6.07, 6.45) is 1.44. The molecule has 1 aromatic carbocycles. The van der Waals surface area contributed by atoms with Crippen LogP contribution in [0, 0.1) is 18.3 Å². The van der Waals surface area contributed by atoms with Gasteiger partial charge in [0.25, 0.3) is 5.91 Å². The number of anilines is 1. The Morgan fingerprint density at radius 2 is 2.17 bits per heavy atom. The summed E-state index contributed by atoms with van der Waals surface area (Å²) in [6, 6.07) is 9.49. The van der Waals surface area contributed by atoms with Gasteiger partial charge in [-0.25, -0.2) is 0 Å². The van der Waals surface area contributed by atoms with Gasteiger partial charge < -0.3 is 10.6 Å². The lowest BCUT2D eigenvalue weighted by Gasteiger charge is -2.07. The van der Waals surface area contributed by atoms with Crippen LogP contribution in [0.15, 0.2) is 36.0 Å². The molecule has 0 aliphatic rings. The fourth-order valence-electron chi connectivity index (χ4n) is 1.32. The molecule has 4 nitrogen and oxygen atoms in total. The zero-order chi connectivity index (χ0) is 13.5. The number of aryl methyl sites for hydroxylation is 1. The second-order valence-electron chi connectivity index (χ2n) is 4.31. The molecule has 0 aliphatic heterocycles. The first kappa shape index (κ1) is 13.8.